The van der Waals surface area contributed by atoms with Crippen molar-refractivity contribution in [2.24, 2.45) is 0 Å². The van der Waals surface area contributed by atoms with Gasteiger partial charge in [0.05, 0.1) is 18.1 Å². The number of carbonyl (C=O) groups is 1. The summed E-state index contributed by atoms with van der Waals surface area (Å²) in [7, 11) is 0. The first-order valence-corrected chi connectivity index (χ1v) is 7.04. The third-order valence-corrected chi connectivity index (χ3v) is 3.26. The molecule has 2 aromatic carbocycles. The van der Waals surface area contributed by atoms with Crippen molar-refractivity contribution in [3.8, 4) is 11.4 Å². The molecule has 0 radical (unpaired) electrons. The molecular formula is C17H12ClN3O. The van der Waals surface area contributed by atoms with E-state index in [0.717, 1.165) is 5.56 Å². The maximum absolute atomic E-state index is 12.0. The molecule has 0 bridgehead atoms. The summed E-state index contributed by atoms with van der Waals surface area (Å²) in [4.78, 5) is 20.5. The van der Waals surface area contributed by atoms with Crippen LogP contribution in [0.2, 0.25) is 5.02 Å². The van der Waals surface area contributed by atoms with E-state index in [1.165, 1.54) is 0 Å². The fourth-order valence-corrected chi connectivity index (χ4v) is 2.15. The molecule has 1 aromatic heterocycles. The molecule has 0 unspecified atom stereocenters. The Balaban J connectivity index is 1.76. The lowest BCUT2D eigenvalue weighted by atomic mass is 10.2. The van der Waals surface area contributed by atoms with E-state index in [2.05, 4.69) is 15.3 Å². The standard InChI is InChI=1S/C17H12ClN3O/c18-14-8-4-7-13(9-14)16-19-10-15(11-20-16)21-17(22)12-5-2-1-3-6-12/h1-11H,(H,21,22). The molecular weight excluding hydrogens is 298 g/mol. The van der Waals surface area contributed by atoms with Gasteiger partial charge in [-0.15, -0.1) is 0 Å². The van der Waals surface area contributed by atoms with Crippen molar-refractivity contribution >= 4 is 23.2 Å². The minimum Gasteiger partial charge on any atom is -0.319 e. The predicted octanol–water partition coefficient (Wildman–Crippen LogP) is 4.05. The summed E-state index contributed by atoms with van der Waals surface area (Å²) < 4.78 is 0. The highest BCUT2D eigenvalue weighted by molar-refractivity contribution is 6.30. The van der Waals surface area contributed by atoms with E-state index in [0.29, 0.717) is 22.1 Å². The summed E-state index contributed by atoms with van der Waals surface area (Å²) >= 11 is 5.95. The van der Waals surface area contributed by atoms with Crippen molar-refractivity contribution in [2.45, 2.75) is 0 Å². The Morgan fingerprint density at radius 3 is 2.36 bits per heavy atom. The summed E-state index contributed by atoms with van der Waals surface area (Å²) in [5.41, 5.74) is 1.95. The SMILES string of the molecule is O=C(Nc1cnc(-c2cccc(Cl)c2)nc1)c1ccccc1. The van der Waals surface area contributed by atoms with Crippen molar-refractivity contribution in [3.63, 3.8) is 0 Å². The molecule has 0 aliphatic heterocycles. The van der Waals surface area contributed by atoms with Gasteiger partial charge in [-0.1, -0.05) is 41.9 Å². The first kappa shape index (κ1) is 14.2. The molecule has 1 amide bonds. The van der Waals surface area contributed by atoms with Crippen LogP contribution in [0.15, 0.2) is 67.0 Å². The topological polar surface area (TPSA) is 54.9 Å². The van der Waals surface area contributed by atoms with E-state index < -0.39 is 0 Å². The fourth-order valence-electron chi connectivity index (χ4n) is 1.96. The van der Waals surface area contributed by atoms with E-state index in [9.17, 15) is 4.79 Å². The Morgan fingerprint density at radius 2 is 1.68 bits per heavy atom. The van der Waals surface area contributed by atoms with Crippen LogP contribution in [0.25, 0.3) is 11.4 Å². The molecule has 0 aliphatic carbocycles. The molecule has 3 aromatic rings. The highest BCUT2D eigenvalue weighted by Crippen LogP contribution is 2.19. The molecule has 108 valence electrons. The molecule has 0 saturated heterocycles. The van der Waals surface area contributed by atoms with Crippen LogP contribution in [0.4, 0.5) is 5.69 Å². The van der Waals surface area contributed by atoms with Crippen molar-refractivity contribution in [1.82, 2.24) is 9.97 Å². The maximum Gasteiger partial charge on any atom is 0.255 e. The molecule has 0 atom stereocenters. The van der Waals surface area contributed by atoms with Crippen LogP contribution < -0.4 is 5.32 Å². The zero-order chi connectivity index (χ0) is 15.4. The van der Waals surface area contributed by atoms with Crippen molar-refractivity contribution in [1.29, 1.82) is 0 Å². The van der Waals surface area contributed by atoms with Gasteiger partial charge in [0, 0.05) is 16.1 Å². The van der Waals surface area contributed by atoms with E-state index >= 15 is 0 Å². The van der Waals surface area contributed by atoms with Crippen LogP contribution in [-0.4, -0.2) is 15.9 Å². The van der Waals surface area contributed by atoms with Crippen molar-refractivity contribution in [3.05, 3.63) is 77.6 Å². The summed E-state index contributed by atoms with van der Waals surface area (Å²) in [6, 6.07) is 16.3. The number of benzene rings is 2. The molecule has 22 heavy (non-hydrogen) atoms. The van der Waals surface area contributed by atoms with E-state index in [4.69, 9.17) is 11.6 Å². The molecule has 0 aliphatic rings. The molecule has 1 N–H and O–H groups in total. The first-order chi connectivity index (χ1) is 10.7. The Morgan fingerprint density at radius 1 is 0.955 bits per heavy atom. The third-order valence-electron chi connectivity index (χ3n) is 3.03. The quantitative estimate of drug-likeness (QED) is 0.794. The van der Waals surface area contributed by atoms with Gasteiger partial charge in [0.1, 0.15) is 0 Å². The predicted molar refractivity (Wildman–Crippen MR) is 86.9 cm³/mol. The van der Waals surface area contributed by atoms with Crippen LogP contribution in [0.5, 0.6) is 0 Å². The zero-order valence-corrected chi connectivity index (χ0v) is 12.3. The molecule has 0 spiro atoms. The summed E-state index contributed by atoms with van der Waals surface area (Å²) in [5, 5.41) is 3.39. The average molecular weight is 310 g/mol. The zero-order valence-electron chi connectivity index (χ0n) is 11.5. The molecule has 0 saturated carbocycles. The largest absolute Gasteiger partial charge is 0.319 e. The van der Waals surface area contributed by atoms with E-state index in [-0.39, 0.29) is 5.91 Å². The number of hydrogen-bond acceptors (Lipinski definition) is 3. The number of amides is 1. The molecule has 0 fully saturated rings. The van der Waals surface area contributed by atoms with Gasteiger partial charge in [0.15, 0.2) is 5.82 Å². The number of hydrogen-bond donors (Lipinski definition) is 1. The summed E-state index contributed by atoms with van der Waals surface area (Å²) in [6.07, 6.45) is 3.15. The van der Waals surface area contributed by atoms with Gasteiger partial charge in [-0.3, -0.25) is 4.79 Å². The van der Waals surface area contributed by atoms with Gasteiger partial charge in [-0.05, 0) is 24.3 Å². The van der Waals surface area contributed by atoms with Crippen LogP contribution in [0.3, 0.4) is 0 Å². The van der Waals surface area contributed by atoms with Crippen LogP contribution in [-0.2, 0) is 0 Å². The molecule has 3 rings (SSSR count). The van der Waals surface area contributed by atoms with E-state index in [1.807, 2.05) is 30.3 Å². The van der Waals surface area contributed by atoms with Crippen molar-refractivity contribution < 1.29 is 4.79 Å². The molecule has 5 heteroatoms. The Kier molecular flexibility index (Phi) is 4.12. The minimum atomic E-state index is -0.195. The highest BCUT2D eigenvalue weighted by atomic mass is 35.5. The summed E-state index contributed by atoms with van der Waals surface area (Å²) in [5.74, 6) is 0.361. The lowest BCUT2D eigenvalue weighted by molar-refractivity contribution is 0.102. The number of halogens is 1. The number of nitrogens with one attached hydrogen (secondary N) is 1. The Labute approximate surface area is 132 Å². The maximum atomic E-state index is 12.0. The normalized spacial score (nSPS) is 10.2. The minimum absolute atomic E-state index is 0.195. The van der Waals surface area contributed by atoms with E-state index in [1.54, 1.807) is 36.7 Å². The fraction of sp³-hybridized carbons (Fsp3) is 0. The van der Waals surface area contributed by atoms with Gasteiger partial charge in [0.2, 0.25) is 0 Å². The second-order valence-corrected chi connectivity index (χ2v) is 5.06. The molecule has 1 heterocycles. The smallest absolute Gasteiger partial charge is 0.255 e. The first-order valence-electron chi connectivity index (χ1n) is 6.67. The van der Waals surface area contributed by atoms with Gasteiger partial charge in [0.25, 0.3) is 5.91 Å². The van der Waals surface area contributed by atoms with Gasteiger partial charge < -0.3 is 5.32 Å². The number of rotatable bonds is 3. The van der Waals surface area contributed by atoms with Gasteiger partial charge in [-0.2, -0.15) is 0 Å². The average Bonchev–Trinajstić information content (AvgIpc) is 2.56. The second-order valence-electron chi connectivity index (χ2n) is 4.63. The van der Waals surface area contributed by atoms with Crippen LogP contribution >= 0.6 is 11.6 Å². The second kappa shape index (κ2) is 6.37. The monoisotopic (exact) mass is 309 g/mol. The van der Waals surface area contributed by atoms with Crippen LogP contribution in [0.1, 0.15) is 10.4 Å². The number of aromatic nitrogens is 2. The van der Waals surface area contributed by atoms with Crippen LogP contribution in [0, 0.1) is 0 Å². The Hall–Kier alpha value is -2.72. The number of anilines is 1. The summed E-state index contributed by atoms with van der Waals surface area (Å²) in [6.45, 7) is 0. The highest BCUT2D eigenvalue weighted by Gasteiger charge is 2.07. The van der Waals surface area contributed by atoms with Gasteiger partial charge >= 0.3 is 0 Å². The third kappa shape index (κ3) is 3.30. The lowest BCUT2D eigenvalue weighted by Gasteiger charge is -2.05. The molecule has 4 nitrogen and oxygen atoms in total. The lowest BCUT2D eigenvalue weighted by Crippen LogP contribution is -2.12. The number of carbonyl (C=O) groups excluding carboxylic acids is 1. The number of nitrogens with zero attached hydrogens (tertiary/aromatic N) is 2. The Bertz CT molecular complexity index is 789. The van der Waals surface area contributed by atoms with Crippen molar-refractivity contribution in [2.75, 3.05) is 5.32 Å². The van der Waals surface area contributed by atoms with Gasteiger partial charge in [-0.25, -0.2) is 9.97 Å².